The molecule has 0 saturated heterocycles. The Hall–Kier alpha value is -1.18. The lowest BCUT2D eigenvalue weighted by molar-refractivity contribution is 0.234. The fraction of sp³-hybridized carbons (Fsp3) is 0.632. The monoisotopic (exact) mass is 393 g/mol. The van der Waals surface area contributed by atoms with E-state index >= 15 is 0 Å². The van der Waals surface area contributed by atoms with Crippen molar-refractivity contribution in [2.24, 2.45) is 5.92 Å². The first-order valence-electron chi connectivity index (χ1n) is 9.53. The molecule has 1 aliphatic carbocycles. The van der Waals surface area contributed by atoms with Crippen LogP contribution in [0.1, 0.15) is 48.2 Å². The van der Waals surface area contributed by atoms with Crippen LogP contribution in [0.4, 0.5) is 0 Å². The second kappa shape index (κ2) is 7.44. The van der Waals surface area contributed by atoms with Crippen LogP contribution in [0.25, 0.3) is 0 Å². The first-order chi connectivity index (χ1) is 12.5. The van der Waals surface area contributed by atoms with Gasteiger partial charge in [-0.1, -0.05) is 19.3 Å². The Labute approximate surface area is 160 Å². The maximum absolute atomic E-state index is 12.2. The molecule has 1 fully saturated rings. The Morgan fingerprint density at radius 1 is 1.27 bits per heavy atom. The van der Waals surface area contributed by atoms with Gasteiger partial charge in [-0.25, -0.2) is 13.4 Å². The van der Waals surface area contributed by atoms with Gasteiger partial charge in [0.25, 0.3) is 0 Å². The maximum atomic E-state index is 12.2. The highest BCUT2D eigenvalue weighted by Gasteiger charge is 2.25. The molecule has 3 heterocycles. The zero-order valence-electron chi connectivity index (χ0n) is 15.4. The molecule has 0 aromatic carbocycles. The van der Waals surface area contributed by atoms with Crippen molar-refractivity contribution < 1.29 is 8.42 Å². The summed E-state index contributed by atoms with van der Waals surface area (Å²) in [6.07, 6.45) is 10.4. The number of fused-ring (bicyclic) bond motifs is 1. The first-order valence-corrected chi connectivity index (χ1v) is 12.3. The summed E-state index contributed by atoms with van der Waals surface area (Å²) < 4.78 is 26.5. The van der Waals surface area contributed by atoms with E-state index in [-0.39, 0.29) is 5.16 Å². The zero-order valence-corrected chi connectivity index (χ0v) is 17.0. The number of nitrogens with zero attached hydrogens (tertiary/aromatic N) is 3. The average Bonchev–Trinajstić information content (AvgIpc) is 3.22. The number of hydrogen-bond donors (Lipinski definition) is 0. The topological polar surface area (TPSA) is 55.2 Å². The SMILES string of the molecule is CS(=O)(=O)c1ncc(CN2CCc3sccc3C2)n1CC1CCCCC1. The van der Waals surface area contributed by atoms with Gasteiger partial charge in [-0.05, 0) is 42.2 Å². The van der Waals surface area contributed by atoms with E-state index in [1.54, 1.807) is 6.20 Å². The van der Waals surface area contributed by atoms with Crippen LogP contribution in [-0.4, -0.2) is 35.7 Å². The van der Waals surface area contributed by atoms with Gasteiger partial charge >= 0.3 is 0 Å². The molecule has 0 bridgehead atoms. The summed E-state index contributed by atoms with van der Waals surface area (Å²) in [5.41, 5.74) is 2.46. The summed E-state index contributed by atoms with van der Waals surface area (Å²) in [4.78, 5) is 8.21. The molecule has 0 amide bonds. The third-order valence-electron chi connectivity index (χ3n) is 5.67. The highest BCUT2D eigenvalue weighted by atomic mass is 32.2. The van der Waals surface area contributed by atoms with Crippen molar-refractivity contribution in [3.05, 3.63) is 33.8 Å². The van der Waals surface area contributed by atoms with E-state index in [9.17, 15) is 8.42 Å². The summed E-state index contributed by atoms with van der Waals surface area (Å²) in [5, 5.41) is 2.41. The van der Waals surface area contributed by atoms with Crippen LogP contribution >= 0.6 is 11.3 Å². The number of aromatic nitrogens is 2. The standard InChI is InChI=1S/C19H27N3O2S2/c1-26(23,24)19-20-11-17(22(19)12-15-5-3-2-4-6-15)14-21-9-7-18-16(13-21)8-10-25-18/h8,10-11,15H,2-7,9,12-14H2,1H3. The summed E-state index contributed by atoms with van der Waals surface area (Å²) in [6.45, 7) is 3.53. The largest absolute Gasteiger partial charge is 0.317 e. The molecule has 0 unspecified atom stereocenters. The lowest BCUT2D eigenvalue weighted by Gasteiger charge is -2.28. The maximum Gasteiger partial charge on any atom is 0.227 e. The molecule has 2 aromatic rings. The first kappa shape index (κ1) is 18.2. The Morgan fingerprint density at radius 2 is 2.08 bits per heavy atom. The second-order valence-corrected chi connectivity index (χ2v) is 10.7. The summed E-state index contributed by atoms with van der Waals surface area (Å²) in [5.74, 6) is 0.571. The van der Waals surface area contributed by atoms with E-state index in [1.807, 2.05) is 15.9 Å². The molecule has 0 atom stereocenters. The van der Waals surface area contributed by atoms with Gasteiger partial charge in [0.1, 0.15) is 0 Å². The number of rotatable bonds is 5. The number of thiophene rings is 1. The summed E-state index contributed by atoms with van der Waals surface area (Å²) >= 11 is 1.84. The molecule has 0 radical (unpaired) electrons. The van der Waals surface area contributed by atoms with Crippen molar-refractivity contribution in [2.75, 3.05) is 12.8 Å². The van der Waals surface area contributed by atoms with Gasteiger partial charge in [0, 0.05) is 37.3 Å². The van der Waals surface area contributed by atoms with Gasteiger partial charge in [0.15, 0.2) is 0 Å². The van der Waals surface area contributed by atoms with E-state index in [2.05, 4.69) is 21.3 Å². The van der Waals surface area contributed by atoms with E-state index in [1.165, 1.54) is 48.8 Å². The van der Waals surface area contributed by atoms with Crippen molar-refractivity contribution in [3.8, 4) is 0 Å². The van der Waals surface area contributed by atoms with Crippen LogP contribution in [-0.2, 0) is 35.9 Å². The minimum atomic E-state index is -3.31. The molecule has 1 aliphatic heterocycles. The molecule has 2 aromatic heterocycles. The van der Waals surface area contributed by atoms with Crippen LogP contribution in [0.3, 0.4) is 0 Å². The second-order valence-electron chi connectivity index (χ2n) is 7.75. The highest BCUT2D eigenvalue weighted by molar-refractivity contribution is 7.90. The van der Waals surface area contributed by atoms with Gasteiger partial charge in [0.05, 0.1) is 11.9 Å². The molecular weight excluding hydrogens is 366 g/mol. The van der Waals surface area contributed by atoms with E-state index < -0.39 is 9.84 Å². The Bertz CT molecular complexity index is 863. The minimum Gasteiger partial charge on any atom is -0.317 e. The Morgan fingerprint density at radius 3 is 2.85 bits per heavy atom. The third-order valence-corrected chi connectivity index (χ3v) is 7.68. The van der Waals surface area contributed by atoms with Gasteiger partial charge < -0.3 is 4.57 Å². The Kier molecular flexibility index (Phi) is 5.21. The van der Waals surface area contributed by atoms with Crippen LogP contribution in [0.5, 0.6) is 0 Å². The van der Waals surface area contributed by atoms with Crippen molar-refractivity contribution >= 4 is 21.2 Å². The van der Waals surface area contributed by atoms with Crippen LogP contribution in [0, 0.1) is 5.92 Å². The zero-order chi connectivity index (χ0) is 18.1. The highest BCUT2D eigenvalue weighted by Crippen LogP contribution is 2.28. The molecule has 5 nitrogen and oxygen atoms in total. The van der Waals surface area contributed by atoms with Crippen LogP contribution < -0.4 is 0 Å². The van der Waals surface area contributed by atoms with Gasteiger partial charge in [-0.3, -0.25) is 4.90 Å². The number of hydrogen-bond acceptors (Lipinski definition) is 5. The van der Waals surface area contributed by atoms with Crippen molar-refractivity contribution in [2.45, 2.75) is 63.3 Å². The Balaban J connectivity index is 1.56. The molecule has 0 N–H and O–H groups in total. The molecule has 4 rings (SSSR count). The van der Waals surface area contributed by atoms with Crippen molar-refractivity contribution in [3.63, 3.8) is 0 Å². The number of imidazole rings is 1. The van der Waals surface area contributed by atoms with Crippen LogP contribution in [0.15, 0.2) is 22.8 Å². The fourth-order valence-corrected chi connectivity index (χ4v) is 6.03. The summed E-state index contributed by atoms with van der Waals surface area (Å²) in [7, 11) is -3.31. The smallest absolute Gasteiger partial charge is 0.227 e. The van der Waals surface area contributed by atoms with Gasteiger partial charge in [-0.15, -0.1) is 11.3 Å². The molecule has 142 valence electrons. The van der Waals surface area contributed by atoms with E-state index in [4.69, 9.17) is 0 Å². The lowest BCUT2D eigenvalue weighted by atomic mass is 9.89. The number of sulfone groups is 1. The lowest BCUT2D eigenvalue weighted by Crippen LogP contribution is -2.30. The summed E-state index contributed by atoms with van der Waals surface area (Å²) in [6, 6.07) is 2.22. The van der Waals surface area contributed by atoms with E-state index in [0.717, 1.165) is 38.3 Å². The normalized spacial score (nSPS) is 19.6. The predicted molar refractivity (Wildman–Crippen MR) is 104 cm³/mol. The molecule has 26 heavy (non-hydrogen) atoms. The van der Waals surface area contributed by atoms with Gasteiger partial charge in [-0.2, -0.15) is 0 Å². The van der Waals surface area contributed by atoms with Gasteiger partial charge in [0.2, 0.25) is 15.0 Å². The third kappa shape index (κ3) is 3.89. The molecule has 2 aliphatic rings. The molecule has 1 saturated carbocycles. The molecular formula is C19H27N3O2S2. The van der Waals surface area contributed by atoms with E-state index in [0.29, 0.717) is 5.92 Å². The average molecular weight is 394 g/mol. The van der Waals surface area contributed by atoms with Crippen molar-refractivity contribution in [1.82, 2.24) is 14.5 Å². The fourth-order valence-electron chi connectivity index (χ4n) is 4.31. The molecule has 0 spiro atoms. The van der Waals surface area contributed by atoms with Crippen molar-refractivity contribution in [1.29, 1.82) is 0 Å². The predicted octanol–water partition coefficient (Wildman–Crippen LogP) is 3.49. The quantitative estimate of drug-likeness (QED) is 0.780. The van der Waals surface area contributed by atoms with Crippen LogP contribution in [0.2, 0.25) is 0 Å². The minimum absolute atomic E-state index is 0.242. The molecule has 7 heteroatoms.